The van der Waals surface area contributed by atoms with Crippen LogP contribution in [0.15, 0.2) is 17.5 Å². The Morgan fingerprint density at radius 3 is 2.63 bits per heavy atom. The first-order valence-corrected chi connectivity index (χ1v) is 8.16. The van der Waals surface area contributed by atoms with Crippen molar-refractivity contribution in [2.75, 3.05) is 0 Å². The standard InChI is InChI=1S/C15H24N2OS/c1-11(12-7-4-2-3-5-8-12)17-15(18)14(16)13-9-6-10-19-13/h6,9-12,14H,2-5,7-8,16H2,1H3,(H,17,18)/t11-,14?/m0/s1. The highest BCUT2D eigenvalue weighted by molar-refractivity contribution is 7.10. The molecule has 0 spiro atoms. The minimum atomic E-state index is -0.520. The summed E-state index contributed by atoms with van der Waals surface area (Å²) in [5, 5.41) is 5.06. The Bertz CT molecular complexity index is 383. The average Bonchev–Trinajstić information content (AvgIpc) is 2.79. The Morgan fingerprint density at radius 2 is 2.05 bits per heavy atom. The van der Waals surface area contributed by atoms with Crippen molar-refractivity contribution < 1.29 is 4.79 Å². The van der Waals surface area contributed by atoms with Crippen LogP contribution in [0.25, 0.3) is 0 Å². The van der Waals surface area contributed by atoms with Crippen LogP contribution in [0.4, 0.5) is 0 Å². The Labute approximate surface area is 119 Å². The van der Waals surface area contributed by atoms with Gasteiger partial charge < -0.3 is 11.1 Å². The monoisotopic (exact) mass is 280 g/mol. The molecule has 1 unspecified atom stereocenters. The van der Waals surface area contributed by atoms with Gasteiger partial charge in [-0.05, 0) is 37.1 Å². The van der Waals surface area contributed by atoms with Crippen molar-refractivity contribution in [3.63, 3.8) is 0 Å². The van der Waals surface area contributed by atoms with Gasteiger partial charge >= 0.3 is 0 Å². The van der Waals surface area contributed by atoms with Gasteiger partial charge in [-0.3, -0.25) is 4.79 Å². The van der Waals surface area contributed by atoms with Gasteiger partial charge in [0.2, 0.25) is 5.91 Å². The summed E-state index contributed by atoms with van der Waals surface area (Å²) in [5.41, 5.74) is 5.99. The summed E-state index contributed by atoms with van der Waals surface area (Å²) in [6.07, 6.45) is 7.73. The summed E-state index contributed by atoms with van der Waals surface area (Å²) in [6.45, 7) is 2.12. The summed E-state index contributed by atoms with van der Waals surface area (Å²) < 4.78 is 0. The largest absolute Gasteiger partial charge is 0.352 e. The molecule has 2 rings (SSSR count). The molecular weight excluding hydrogens is 256 g/mol. The average molecular weight is 280 g/mol. The zero-order valence-electron chi connectivity index (χ0n) is 11.6. The molecule has 1 heterocycles. The van der Waals surface area contributed by atoms with Crippen molar-refractivity contribution in [2.45, 2.75) is 57.5 Å². The second-order valence-corrected chi connectivity index (χ2v) is 6.52. The molecule has 0 saturated heterocycles. The first-order valence-electron chi connectivity index (χ1n) is 7.28. The van der Waals surface area contributed by atoms with Crippen LogP contribution in [0.2, 0.25) is 0 Å². The molecule has 1 aliphatic carbocycles. The number of hydrogen-bond acceptors (Lipinski definition) is 3. The van der Waals surface area contributed by atoms with Crippen LogP contribution >= 0.6 is 11.3 Å². The molecule has 0 bridgehead atoms. The quantitative estimate of drug-likeness (QED) is 0.832. The summed E-state index contributed by atoms with van der Waals surface area (Å²) in [5.74, 6) is 0.571. The summed E-state index contributed by atoms with van der Waals surface area (Å²) in [4.78, 5) is 13.1. The van der Waals surface area contributed by atoms with Gasteiger partial charge in [0.15, 0.2) is 0 Å². The van der Waals surface area contributed by atoms with Crippen molar-refractivity contribution in [2.24, 2.45) is 11.7 Å². The molecule has 0 aliphatic heterocycles. The molecule has 3 N–H and O–H groups in total. The zero-order chi connectivity index (χ0) is 13.7. The molecule has 1 fully saturated rings. The van der Waals surface area contributed by atoms with E-state index in [0.29, 0.717) is 5.92 Å². The maximum absolute atomic E-state index is 12.2. The molecule has 4 heteroatoms. The molecule has 1 aromatic rings. The molecule has 1 amide bonds. The highest BCUT2D eigenvalue weighted by Gasteiger charge is 2.23. The van der Waals surface area contributed by atoms with E-state index in [1.807, 2.05) is 17.5 Å². The van der Waals surface area contributed by atoms with Crippen molar-refractivity contribution in [1.29, 1.82) is 0 Å². The van der Waals surface area contributed by atoms with Crippen molar-refractivity contribution in [3.05, 3.63) is 22.4 Å². The molecule has 0 radical (unpaired) electrons. The normalized spacial score (nSPS) is 20.5. The molecule has 19 heavy (non-hydrogen) atoms. The second-order valence-electron chi connectivity index (χ2n) is 5.54. The van der Waals surface area contributed by atoms with E-state index in [1.165, 1.54) is 49.9 Å². The minimum absolute atomic E-state index is 0.0424. The third kappa shape index (κ3) is 4.05. The first-order chi connectivity index (χ1) is 9.18. The fourth-order valence-corrected chi connectivity index (χ4v) is 3.57. The number of nitrogens with two attached hydrogens (primary N) is 1. The Balaban J connectivity index is 1.87. The lowest BCUT2D eigenvalue weighted by atomic mass is 9.93. The van der Waals surface area contributed by atoms with Crippen molar-refractivity contribution >= 4 is 17.2 Å². The maximum Gasteiger partial charge on any atom is 0.242 e. The summed E-state index contributed by atoms with van der Waals surface area (Å²) >= 11 is 1.54. The predicted octanol–water partition coefficient (Wildman–Crippen LogP) is 3.22. The molecular formula is C15H24N2OS. The van der Waals surface area contributed by atoms with Crippen molar-refractivity contribution in [1.82, 2.24) is 5.32 Å². The van der Waals surface area contributed by atoms with E-state index in [-0.39, 0.29) is 11.9 Å². The highest BCUT2D eigenvalue weighted by Crippen LogP contribution is 2.26. The van der Waals surface area contributed by atoms with Gasteiger partial charge in [0.1, 0.15) is 6.04 Å². The predicted molar refractivity (Wildman–Crippen MR) is 80.0 cm³/mol. The Hall–Kier alpha value is -0.870. The topological polar surface area (TPSA) is 55.1 Å². The number of nitrogens with one attached hydrogen (secondary N) is 1. The number of carbonyl (C=O) groups is 1. The number of hydrogen-bond donors (Lipinski definition) is 2. The molecule has 1 aliphatic rings. The molecule has 1 aromatic heterocycles. The third-order valence-corrected chi connectivity index (χ3v) is 5.06. The molecule has 2 atom stereocenters. The van der Waals surface area contributed by atoms with Gasteiger partial charge in [-0.15, -0.1) is 11.3 Å². The van der Waals surface area contributed by atoms with Gasteiger partial charge in [-0.25, -0.2) is 0 Å². The van der Waals surface area contributed by atoms with Gasteiger partial charge in [-0.2, -0.15) is 0 Å². The minimum Gasteiger partial charge on any atom is -0.352 e. The van der Waals surface area contributed by atoms with Crippen LogP contribution in [0.3, 0.4) is 0 Å². The maximum atomic E-state index is 12.2. The van der Waals surface area contributed by atoms with Gasteiger partial charge in [0.05, 0.1) is 0 Å². The number of rotatable bonds is 4. The van der Waals surface area contributed by atoms with E-state index >= 15 is 0 Å². The van der Waals surface area contributed by atoms with Gasteiger partial charge in [0.25, 0.3) is 0 Å². The SMILES string of the molecule is C[C@H](NC(=O)C(N)c1cccs1)C1CCCCCC1. The fourth-order valence-electron chi connectivity index (χ4n) is 2.84. The van der Waals surface area contributed by atoms with Gasteiger partial charge in [0, 0.05) is 10.9 Å². The van der Waals surface area contributed by atoms with Crippen LogP contribution in [-0.2, 0) is 4.79 Å². The van der Waals surface area contributed by atoms with E-state index in [1.54, 1.807) is 0 Å². The Kier molecular flexibility index (Phi) is 5.40. The van der Waals surface area contributed by atoms with E-state index in [4.69, 9.17) is 5.73 Å². The van der Waals surface area contributed by atoms with Crippen LogP contribution < -0.4 is 11.1 Å². The van der Waals surface area contributed by atoms with Crippen LogP contribution in [0.5, 0.6) is 0 Å². The van der Waals surface area contributed by atoms with E-state index in [2.05, 4.69) is 12.2 Å². The highest BCUT2D eigenvalue weighted by atomic mass is 32.1. The molecule has 106 valence electrons. The first kappa shape index (κ1) is 14.5. The lowest BCUT2D eigenvalue weighted by Gasteiger charge is -2.24. The third-order valence-electron chi connectivity index (χ3n) is 4.11. The summed E-state index contributed by atoms with van der Waals surface area (Å²) in [7, 11) is 0. The van der Waals surface area contributed by atoms with Gasteiger partial charge in [-0.1, -0.05) is 31.7 Å². The van der Waals surface area contributed by atoms with Crippen LogP contribution in [0, 0.1) is 5.92 Å². The lowest BCUT2D eigenvalue weighted by molar-refractivity contribution is -0.123. The molecule has 3 nitrogen and oxygen atoms in total. The van der Waals surface area contributed by atoms with Crippen molar-refractivity contribution in [3.8, 4) is 0 Å². The second kappa shape index (κ2) is 7.06. The van der Waals surface area contributed by atoms with Crippen LogP contribution in [-0.4, -0.2) is 11.9 Å². The van der Waals surface area contributed by atoms with E-state index in [9.17, 15) is 4.79 Å². The zero-order valence-corrected chi connectivity index (χ0v) is 12.4. The van der Waals surface area contributed by atoms with E-state index < -0.39 is 6.04 Å². The Morgan fingerprint density at radius 1 is 1.37 bits per heavy atom. The number of amides is 1. The molecule has 0 aromatic carbocycles. The number of thiophene rings is 1. The number of carbonyl (C=O) groups excluding carboxylic acids is 1. The fraction of sp³-hybridized carbons (Fsp3) is 0.667. The van der Waals surface area contributed by atoms with Crippen LogP contribution in [0.1, 0.15) is 56.4 Å². The van der Waals surface area contributed by atoms with E-state index in [0.717, 1.165) is 4.88 Å². The smallest absolute Gasteiger partial charge is 0.242 e. The summed E-state index contributed by atoms with van der Waals surface area (Å²) in [6, 6.07) is 3.57. The molecule has 1 saturated carbocycles. The lowest BCUT2D eigenvalue weighted by Crippen LogP contribution is -2.42.